The maximum absolute atomic E-state index is 12.8. The number of aryl methyl sites for hydroxylation is 1. The number of carbonyl (C=O) groups excluding carboxylic acids is 1. The minimum atomic E-state index is 0.0214. The molecule has 0 saturated carbocycles. The number of carbonyl (C=O) groups is 1. The first-order valence-corrected chi connectivity index (χ1v) is 7.99. The van der Waals surface area contributed by atoms with Crippen LogP contribution in [0.4, 0.5) is 5.82 Å². The summed E-state index contributed by atoms with van der Waals surface area (Å²) in [6.07, 6.45) is 1.79. The lowest BCUT2D eigenvalue weighted by Gasteiger charge is -2.35. The predicted molar refractivity (Wildman–Crippen MR) is 87.7 cm³/mol. The first-order valence-electron chi connectivity index (χ1n) is 7.99. The number of amides is 1. The number of anilines is 1. The highest BCUT2D eigenvalue weighted by atomic mass is 16.5. The molecule has 1 aliphatic heterocycles. The Kier molecular flexibility index (Phi) is 4.32. The average Bonchev–Trinajstić information content (AvgIpc) is 2.97. The molecule has 122 valence electrons. The van der Waals surface area contributed by atoms with Gasteiger partial charge in [-0.15, -0.1) is 0 Å². The van der Waals surface area contributed by atoms with Crippen LogP contribution in [0.5, 0.6) is 0 Å². The molecule has 1 fully saturated rings. The van der Waals surface area contributed by atoms with Gasteiger partial charge in [0.15, 0.2) is 5.76 Å². The van der Waals surface area contributed by atoms with Gasteiger partial charge in [-0.25, -0.2) is 4.98 Å². The predicted octanol–water partition coefficient (Wildman–Crippen LogP) is 2.46. The van der Waals surface area contributed by atoms with E-state index in [4.69, 9.17) is 4.52 Å². The molecule has 2 aromatic heterocycles. The summed E-state index contributed by atoms with van der Waals surface area (Å²) in [5.74, 6) is 1.81. The Balaban J connectivity index is 1.71. The van der Waals surface area contributed by atoms with Gasteiger partial charge in [0.05, 0.1) is 5.69 Å². The second kappa shape index (κ2) is 6.40. The molecular weight excluding hydrogens is 292 g/mol. The maximum atomic E-state index is 12.8. The average molecular weight is 314 g/mol. The van der Waals surface area contributed by atoms with Gasteiger partial charge in [-0.1, -0.05) is 25.1 Å². The zero-order valence-electron chi connectivity index (χ0n) is 13.8. The number of hydrogen-bond donors (Lipinski definition) is 0. The quantitative estimate of drug-likeness (QED) is 0.871. The van der Waals surface area contributed by atoms with Crippen LogP contribution in [-0.2, 0) is 0 Å². The minimum Gasteiger partial charge on any atom is -0.360 e. The summed E-state index contributed by atoms with van der Waals surface area (Å²) in [6, 6.07) is 5.89. The molecule has 1 amide bonds. The Hall–Kier alpha value is -2.37. The lowest BCUT2D eigenvalue weighted by molar-refractivity contribution is 0.0743. The van der Waals surface area contributed by atoms with E-state index in [2.05, 4.69) is 15.0 Å². The molecular formula is C17H22N4O2. The van der Waals surface area contributed by atoms with Crippen molar-refractivity contribution in [2.45, 2.75) is 26.7 Å². The van der Waals surface area contributed by atoms with Crippen LogP contribution in [0.15, 0.2) is 28.9 Å². The van der Waals surface area contributed by atoms with Crippen molar-refractivity contribution in [1.82, 2.24) is 15.0 Å². The zero-order chi connectivity index (χ0) is 16.4. The van der Waals surface area contributed by atoms with Crippen LogP contribution < -0.4 is 4.90 Å². The topological polar surface area (TPSA) is 62.5 Å². The van der Waals surface area contributed by atoms with Gasteiger partial charge in [0.1, 0.15) is 11.4 Å². The molecule has 0 radical (unpaired) electrons. The van der Waals surface area contributed by atoms with Gasteiger partial charge in [0.25, 0.3) is 5.91 Å². The van der Waals surface area contributed by atoms with Crippen molar-refractivity contribution in [3.05, 3.63) is 41.4 Å². The van der Waals surface area contributed by atoms with E-state index in [0.717, 1.165) is 18.9 Å². The van der Waals surface area contributed by atoms with Crippen LogP contribution in [0.2, 0.25) is 0 Å². The molecule has 6 nitrogen and oxygen atoms in total. The molecule has 3 rings (SSSR count). The van der Waals surface area contributed by atoms with Crippen LogP contribution in [-0.4, -0.2) is 47.1 Å². The molecule has 23 heavy (non-hydrogen) atoms. The monoisotopic (exact) mass is 314 g/mol. The Bertz CT molecular complexity index is 673. The standard InChI is InChI=1S/C17H22N4O2/c1-12(2)16-15(13(3)19-23-16)17(22)21-10-8-20(9-11-21)14-6-4-5-7-18-14/h4-7,12H,8-11H2,1-3H3. The fourth-order valence-corrected chi connectivity index (χ4v) is 2.88. The third-order valence-electron chi connectivity index (χ3n) is 4.17. The van der Waals surface area contributed by atoms with E-state index in [9.17, 15) is 4.79 Å². The number of hydrogen-bond acceptors (Lipinski definition) is 5. The van der Waals surface area contributed by atoms with Gasteiger partial charge in [0.2, 0.25) is 0 Å². The number of nitrogens with zero attached hydrogens (tertiary/aromatic N) is 4. The highest BCUT2D eigenvalue weighted by Gasteiger charge is 2.29. The Morgan fingerprint density at radius 1 is 1.22 bits per heavy atom. The number of piperazine rings is 1. The molecule has 1 saturated heterocycles. The van der Waals surface area contributed by atoms with Crippen LogP contribution in [0.1, 0.15) is 41.6 Å². The van der Waals surface area contributed by atoms with Crippen molar-refractivity contribution in [2.24, 2.45) is 0 Å². The largest absolute Gasteiger partial charge is 0.360 e. The van der Waals surface area contributed by atoms with Crippen LogP contribution in [0.3, 0.4) is 0 Å². The summed E-state index contributed by atoms with van der Waals surface area (Å²) in [5.41, 5.74) is 1.30. The van der Waals surface area contributed by atoms with E-state index >= 15 is 0 Å². The molecule has 6 heteroatoms. The lowest BCUT2D eigenvalue weighted by atomic mass is 10.0. The Morgan fingerprint density at radius 3 is 2.57 bits per heavy atom. The molecule has 3 heterocycles. The molecule has 0 aromatic carbocycles. The molecule has 2 aromatic rings. The Labute approximate surface area is 136 Å². The summed E-state index contributed by atoms with van der Waals surface area (Å²) in [4.78, 5) is 21.3. The number of aromatic nitrogens is 2. The smallest absolute Gasteiger partial charge is 0.259 e. The SMILES string of the molecule is Cc1noc(C(C)C)c1C(=O)N1CCN(c2ccccn2)CC1. The number of rotatable bonds is 3. The van der Waals surface area contributed by atoms with Gasteiger partial charge in [0, 0.05) is 38.3 Å². The molecule has 0 unspecified atom stereocenters. The van der Waals surface area contributed by atoms with Crippen molar-refractivity contribution < 1.29 is 9.32 Å². The molecule has 0 atom stereocenters. The molecule has 0 bridgehead atoms. The van der Waals surface area contributed by atoms with Gasteiger partial charge in [-0.3, -0.25) is 4.79 Å². The van der Waals surface area contributed by atoms with Crippen molar-refractivity contribution in [2.75, 3.05) is 31.1 Å². The first kappa shape index (κ1) is 15.5. The minimum absolute atomic E-state index is 0.0214. The van der Waals surface area contributed by atoms with E-state index in [1.807, 2.05) is 43.9 Å². The first-order chi connectivity index (χ1) is 11.1. The van der Waals surface area contributed by atoms with E-state index in [0.29, 0.717) is 30.1 Å². The molecule has 1 aliphatic rings. The van der Waals surface area contributed by atoms with Crippen LogP contribution >= 0.6 is 0 Å². The fourth-order valence-electron chi connectivity index (χ4n) is 2.88. The second-order valence-corrected chi connectivity index (χ2v) is 6.13. The second-order valence-electron chi connectivity index (χ2n) is 6.13. The van der Waals surface area contributed by atoms with E-state index in [1.54, 1.807) is 6.20 Å². The molecule has 0 spiro atoms. The van der Waals surface area contributed by atoms with Crippen LogP contribution in [0.25, 0.3) is 0 Å². The fraction of sp³-hybridized carbons (Fsp3) is 0.471. The summed E-state index contributed by atoms with van der Waals surface area (Å²) in [6.45, 7) is 8.77. The van der Waals surface area contributed by atoms with Gasteiger partial charge in [-0.2, -0.15) is 0 Å². The third-order valence-corrected chi connectivity index (χ3v) is 4.17. The maximum Gasteiger partial charge on any atom is 0.259 e. The lowest BCUT2D eigenvalue weighted by Crippen LogP contribution is -2.49. The normalized spacial score (nSPS) is 15.3. The summed E-state index contributed by atoms with van der Waals surface area (Å²) in [7, 11) is 0. The van der Waals surface area contributed by atoms with Gasteiger partial charge >= 0.3 is 0 Å². The highest BCUT2D eigenvalue weighted by molar-refractivity contribution is 5.96. The third kappa shape index (κ3) is 3.06. The number of pyridine rings is 1. The van der Waals surface area contributed by atoms with E-state index in [-0.39, 0.29) is 11.8 Å². The summed E-state index contributed by atoms with van der Waals surface area (Å²) >= 11 is 0. The van der Waals surface area contributed by atoms with E-state index < -0.39 is 0 Å². The zero-order valence-corrected chi connectivity index (χ0v) is 13.8. The molecule has 0 N–H and O–H groups in total. The van der Waals surface area contributed by atoms with Crippen molar-refractivity contribution in [1.29, 1.82) is 0 Å². The molecule has 0 aliphatic carbocycles. The highest BCUT2D eigenvalue weighted by Crippen LogP contribution is 2.24. The van der Waals surface area contributed by atoms with Crippen molar-refractivity contribution in [3.8, 4) is 0 Å². The van der Waals surface area contributed by atoms with Crippen molar-refractivity contribution in [3.63, 3.8) is 0 Å². The summed E-state index contributed by atoms with van der Waals surface area (Å²) < 4.78 is 5.34. The van der Waals surface area contributed by atoms with Crippen LogP contribution in [0, 0.1) is 6.92 Å². The van der Waals surface area contributed by atoms with Gasteiger partial charge < -0.3 is 14.3 Å². The van der Waals surface area contributed by atoms with Gasteiger partial charge in [-0.05, 0) is 19.1 Å². The Morgan fingerprint density at radius 2 is 1.96 bits per heavy atom. The van der Waals surface area contributed by atoms with Crippen molar-refractivity contribution >= 4 is 11.7 Å². The van der Waals surface area contributed by atoms with E-state index in [1.165, 1.54) is 0 Å². The summed E-state index contributed by atoms with van der Waals surface area (Å²) in [5, 5.41) is 3.97.